The van der Waals surface area contributed by atoms with Crippen molar-refractivity contribution in [2.24, 2.45) is 46.3 Å². The number of aliphatic hydroxyl groups excluding tert-OH is 13. The topological polar surface area (TPSA) is 452 Å². The van der Waals surface area contributed by atoms with E-state index in [0.717, 1.165) is 5.57 Å². The number of hydrogen-bond donors (Lipinski definition) is 15. The van der Waals surface area contributed by atoms with Gasteiger partial charge in [-0.15, -0.1) is 0 Å². The fourth-order valence-electron chi connectivity index (χ4n) is 16.6. The minimum absolute atomic E-state index is 0.0313. The lowest BCUT2D eigenvalue weighted by Crippen LogP contribution is -2.68. The second-order valence-electron chi connectivity index (χ2n) is 27.9. The van der Waals surface area contributed by atoms with Gasteiger partial charge in [-0.3, -0.25) is 4.55 Å². The smallest absolute Gasteiger partial charge is 0.394 e. The van der Waals surface area contributed by atoms with Gasteiger partial charge in [0.1, 0.15) is 104 Å². The summed E-state index contributed by atoms with van der Waals surface area (Å²) in [5.41, 5.74) is -1.81. The van der Waals surface area contributed by atoms with E-state index in [4.69, 9.17) is 56.3 Å². The lowest BCUT2D eigenvalue weighted by Gasteiger charge is -2.60. The van der Waals surface area contributed by atoms with Crippen LogP contribution in [0.1, 0.15) is 108 Å². The first-order valence-electron chi connectivity index (χ1n) is 31.1. The van der Waals surface area contributed by atoms with Crippen molar-refractivity contribution in [2.45, 2.75) is 297 Å². The van der Waals surface area contributed by atoms with Crippen LogP contribution in [0.4, 0.5) is 0 Å². The van der Waals surface area contributed by atoms with Gasteiger partial charge in [-0.2, -0.15) is 8.42 Å². The Balaban J connectivity index is 0.936. The molecule has 10 aliphatic rings. The van der Waals surface area contributed by atoms with Crippen LogP contribution in [-0.2, 0) is 66.7 Å². The van der Waals surface area contributed by atoms with Crippen LogP contribution in [0.5, 0.6) is 0 Å². The highest BCUT2D eigenvalue weighted by molar-refractivity contribution is 7.80. The lowest BCUT2D eigenvalue weighted by atomic mass is 9.47. The molecule has 29 nitrogen and oxygen atoms in total. The van der Waals surface area contributed by atoms with E-state index in [0.29, 0.717) is 19.3 Å². The predicted molar refractivity (Wildman–Crippen MR) is 295 cm³/mol. The highest BCUT2D eigenvalue weighted by Crippen LogP contribution is 2.68. The predicted octanol–water partition coefficient (Wildman–Crippen LogP) is -3.26. The van der Waals surface area contributed by atoms with Gasteiger partial charge >= 0.3 is 10.4 Å². The zero-order valence-corrected chi connectivity index (χ0v) is 52.0. The summed E-state index contributed by atoms with van der Waals surface area (Å²) < 4.78 is 107. The molecule has 3 saturated carbocycles. The normalized spacial score (nSPS) is 54.4. The standard InChI is InChI=1S/C58H96O29S/c1-19(2)20(3)44-50(82-44)58(10,72)49-30(60)17-28-26-16-31(29-15-25(87-88(73,74)75)11-13-56(29,8)27(26)12-14-57(28,49)9)80-53-43(71)46(36(64)32(18-59)81-53)84-55-48(86-52-41(69)38(66)34(62)22(5)77-52)42(70)45(24(7)79-55)83-54-47(39(67)35(63)23(6)78-54)85-51-40(68)37(65)33(61)21(4)76-51/h12,19-26,28-55,59-72H,11,13-18H2,1-10H3,(H,73,74,75)/t20-,21+,22+,23+,24+,25-,26+,28-,29+,30-,31-,32+,33-,34+,35+,36+,37-,38-,39-,40+,41+,42-,43+,44-,45+,46-,47+,48+,49-,50+,51-,52-,53+,54-,55-,56+,57-,58-/m0/s1. The largest absolute Gasteiger partial charge is 0.397 e. The summed E-state index contributed by atoms with van der Waals surface area (Å²) in [5, 5.41) is 159. The van der Waals surface area contributed by atoms with E-state index < -0.39 is 223 Å². The van der Waals surface area contributed by atoms with Crippen molar-refractivity contribution < 1.29 is 141 Å². The fraction of sp³-hybridized carbons (Fsp3) is 0.966. The van der Waals surface area contributed by atoms with Crippen LogP contribution >= 0.6 is 0 Å². The van der Waals surface area contributed by atoms with Crippen molar-refractivity contribution in [1.82, 2.24) is 0 Å². The van der Waals surface area contributed by atoms with Crippen LogP contribution in [0.25, 0.3) is 0 Å². The molecule has 0 spiro atoms. The first-order valence-corrected chi connectivity index (χ1v) is 32.5. The van der Waals surface area contributed by atoms with E-state index in [2.05, 4.69) is 33.8 Å². The van der Waals surface area contributed by atoms with Crippen LogP contribution in [-0.4, -0.2) is 281 Å². The summed E-state index contributed by atoms with van der Waals surface area (Å²) in [7, 11) is -4.93. The van der Waals surface area contributed by atoms with Crippen molar-refractivity contribution in [2.75, 3.05) is 6.61 Å². The zero-order valence-electron chi connectivity index (χ0n) is 51.1. The van der Waals surface area contributed by atoms with E-state index in [1.807, 2.05) is 6.92 Å². The molecule has 0 aromatic heterocycles. The molecule has 6 aliphatic heterocycles. The Hall–Kier alpha value is -1.39. The fourth-order valence-corrected chi connectivity index (χ4v) is 17.1. The average Bonchev–Trinajstić information content (AvgIpc) is 1.43. The van der Waals surface area contributed by atoms with Crippen molar-refractivity contribution in [3.8, 4) is 0 Å². The molecule has 0 aromatic rings. The van der Waals surface area contributed by atoms with Crippen molar-refractivity contribution >= 4 is 10.4 Å². The molecule has 4 aliphatic carbocycles. The second-order valence-corrected chi connectivity index (χ2v) is 29.0. The van der Waals surface area contributed by atoms with E-state index in [1.165, 1.54) is 27.7 Å². The Morgan fingerprint density at radius 1 is 0.591 bits per heavy atom. The molecule has 15 N–H and O–H groups in total. The molecule has 0 unspecified atom stereocenters. The molecule has 508 valence electrons. The summed E-state index contributed by atoms with van der Waals surface area (Å²) >= 11 is 0. The highest BCUT2D eigenvalue weighted by Gasteiger charge is 2.69. The summed E-state index contributed by atoms with van der Waals surface area (Å²) in [6.45, 7) is 16.8. The number of allylic oxidation sites excluding steroid dienone is 2. The van der Waals surface area contributed by atoms with Gasteiger partial charge in [0.15, 0.2) is 31.5 Å². The maximum atomic E-state index is 12.5. The monoisotopic (exact) mass is 1290 g/mol. The summed E-state index contributed by atoms with van der Waals surface area (Å²) in [5.74, 6) is -1.37. The van der Waals surface area contributed by atoms with Crippen LogP contribution in [0.3, 0.4) is 0 Å². The molecule has 30 heteroatoms. The third-order valence-corrected chi connectivity index (χ3v) is 22.5. The first-order chi connectivity index (χ1) is 41.0. The van der Waals surface area contributed by atoms with Crippen LogP contribution in [0, 0.1) is 46.3 Å². The van der Waals surface area contributed by atoms with Crippen LogP contribution in [0.2, 0.25) is 0 Å². The number of aliphatic hydroxyl groups is 14. The van der Waals surface area contributed by atoms with E-state index in [-0.39, 0.29) is 49.0 Å². The Morgan fingerprint density at radius 2 is 1.10 bits per heavy atom. The lowest BCUT2D eigenvalue weighted by molar-refractivity contribution is -0.406. The molecule has 0 amide bonds. The Bertz CT molecular complexity index is 2530. The molecular formula is C58H96O29S. The molecule has 6 heterocycles. The van der Waals surface area contributed by atoms with Gasteiger partial charge in [-0.1, -0.05) is 46.3 Å². The van der Waals surface area contributed by atoms with E-state index in [9.17, 15) is 84.5 Å². The van der Waals surface area contributed by atoms with Gasteiger partial charge in [0.25, 0.3) is 0 Å². The Morgan fingerprint density at radius 3 is 1.66 bits per heavy atom. The van der Waals surface area contributed by atoms with E-state index >= 15 is 0 Å². The molecule has 10 rings (SSSR count). The molecule has 0 aromatic carbocycles. The molecule has 6 saturated heterocycles. The van der Waals surface area contributed by atoms with Crippen LogP contribution < -0.4 is 0 Å². The minimum Gasteiger partial charge on any atom is -0.394 e. The number of fused-ring (bicyclic) bond motifs is 5. The third-order valence-electron chi connectivity index (χ3n) is 22.0. The first kappa shape index (κ1) is 69.4. The van der Waals surface area contributed by atoms with Gasteiger partial charge in [0, 0.05) is 5.92 Å². The number of rotatable bonds is 17. The number of epoxide rings is 1. The van der Waals surface area contributed by atoms with Gasteiger partial charge in [-0.05, 0) is 114 Å². The van der Waals surface area contributed by atoms with Gasteiger partial charge in [0.05, 0.1) is 61.0 Å². The maximum absolute atomic E-state index is 12.5. The molecule has 38 atom stereocenters. The van der Waals surface area contributed by atoms with Crippen molar-refractivity contribution in [3.05, 3.63) is 11.6 Å². The Kier molecular flexibility index (Phi) is 20.5. The summed E-state index contributed by atoms with van der Waals surface area (Å²) in [6, 6.07) is 0. The maximum Gasteiger partial charge on any atom is 0.397 e. The van der Waals surface area contributed by atoms with Gasteiger partial charge < -0.3 is 124 Å². The minimum atomic E-state index is -4.93. The van der Waals surface area contributed by atoms with Crippen molar-refractivity contribution in [3.63, 3.8) is 0 Å². The van der Waals surface area contributed by atoms with E-state index in [1.54, 1.807) is 6.92 Å². The number of ether oxygens (including phenoxy) is 11. The van der Waals surface area contributed by atoms with Gasteiger partial charge in [0.2, 0.25) is 0 Å². The molecule has 0 radical (unpaired) electrons. The molecule has 0 bridgehead atoms. The highest BCUT2D eigenvalue weighted by atomic mass is 32.3. The third kappa shape index (κ3) is 12.7. The summed E-state index contributed by atoms with van der Waals surface area (Å²) in [6.07, 6.45) is -42.5. The molecular weight excluding hydrogens is 1190 g/mol. The van der Waals surface area contributed by atoms with Gasteiger partial charge in [-0.25, -0.2) is 4.18 Å². The zero-order chi connectivity index (χ0) is 64.5. The quantitative estimate of drug-likeness (QED) is 0.0386. The molecule has 88 heavy (non-hydrogen) atoms. The Labute approximate surface area is 511 Å². The second kappa shape index (κ2) is 26.0. The summed E-state index contributed by atoms with van der Waals surface area (Å²) in [4.78, 5) is 0. The number of hydrogen-bond acceptors (Lipinski definition) is 28. The average molecular weight is 1290 g/mol. The molecule has 9 fully saturated rings. The van der Waals surface area contributed by atoms with Crippen LogP contribution in [0.15, 0.2) is 11.6 Å². The SMILES string of the molecule is CC(C)[C@H](C)[C@@H]1O[C@H]1[C@@](C)(O)[C@H]1[C@@H](O)C[C@H]2[C@@H]3C[C@H](O[C@@H]4O[C@H](CO)[C@@H](O)[C@H](O[C@@H]5O[C@H](C)[C@@H](O[C@@H]6O[C@H](C)[C@@H](O)[C@H](O)[C@H]6O[C@@H]6O[C@H](C)[C@H](O)[C@H](O)[C@H]6O)[C@H](O)[C@H]5O[C@@H]5O[C@H](C)[C@@H](O)[C@H](O)[C@H]5O)[C@H]4O)[C@H]4C[C@@H](OS(=O)(=O)O)CC[C@]4(C)C3=CC[C@]12C. The van der Waals surface area contributed by atoms with Crippen molar-refractivity contribution in [1.29, 1.82) is 0 Å².